The van der Waals surface area contributed by atoms with Crippen molar-refractivity contribution in [2.24, 2.45) is 0 Å². The molecule has 1 fully saturated rings. The minimum atomic E-state index is -3.04. The Labute approximate surface area is 116 Å². The average molecular weight is 304 g/mol. The highest BCUT2D eigenvalue weighted by Crippen LogP contribution is 2.27. The highest BCUT2D eigenvalue weighted by Gasteiger charge is 2.34. The van der Waals surface area contributed by atoms with Crippen LogP contribution in [0.4, 0.5) is 5.13 Å². The summed E-state index contributed by atoms with van der Waals surface area (Å²) in [6, 6.07) is -0.281. The fourth-order valence-corrected chi connectivity index (χ4v) is 4.82. The van der Waals surface area contributed by atoms with Gasteiger partial charge in [0, 0.05) is 11.4 Å². The average Bonchev–Trinajstić information content (AvgIpc) is 2.92. The highest BCUT2D eigenvalue weighted by atomic mass is 32.2. The van der Waals surface area contributed by atoms with Gasteiger partial charge in [-0.1, -0.05) is 6.92 Å². The Morgan fingerprint density at radius 2 is 2.37 bits per heavy atom. The van der Waals surface area contributed by atoms with Gasteiger partial charge in [0.15, 0.2) is 15.0 Å². The second-order valence-corrected chi connectivity index (χ2v) is 7.62. The van der Waals surface area contributed by atoms with E-state index in [2.05, 4.69) is 4.98 Å². The number of aliphatic carboxylic acids is 1. The van der Waals surface area contributed by atoms with Gasteiger partial charge < -0.3 is 10.0 Å². The first-order valence-corrected chi connectivity index (χ1v) is 8.74. The van der Waals surface area contributed by atoms with Gasteiger partial charge in [0.2, 0.25) is 0 Å². The summed E-state index contributed by atoms with van der Waals surface area (Å²) in [5, 5.41) is 11.5. The molecule has 2 rings (SSSR count). The fourth-order valence-electron chi connectivity index (χ4n) is 2.11. The quantitative estimate of drug-likeness (QED) is 0.865. The predicted molar refractivity (Wildman–Crippen MR) is 73.5 cm³/mol. The Hall–Kier alpha value is -1.15. The second-order valence-electron chi connectivity index (χ2n) is 4.55. The van der Waals surface area contributed by atoms with E-state index in [-0.39, 0.29) is 24.1 Å². The standard InChI is InChI=1S/C11H16N2O4S2/c1-2-8-6-18-11(12-8)13(5-10(14)15)9-3-4-19(16,17)7-9/h6,9H,2-5,7H2,1H3,(H,14,15). The summed E-state index contributed by atoms with van der Waals surface area (Å²) in [6.07, 6.45) is 1.25. The summed E-state index contributed by atoms with van der Waals surface area (Å²) in [7, 11) is -3.04. The molecule has 1 aliphatic rings. The zero-order chi connectivity index (χ0) is 14.0. The monoisotopic (exact) mass is 304 g/mol. The molecule has 1 atom stereocenters. The SMILES string of the molecule is CCc1csc(N(CC(=O)O)C2CCS(=O)(=O)C2)n1. The third-order valence-corrected chi connectivity index (χ3v) is 5.78. The topological polar surface area (TPSA) is 87.6 Å². The van der Waals surface area contributed by atoms with Gasteiger partial charge in [-0.05, 0) is 12.8 Å². The molecule has 0 aromatic carbocycles. The number of hydrogen-bond donors (Lipinski definition) is 1. The summed E-state index contributed by atoms with van der Waals surface area (Å²) in [6.45, 7) is 1.76. The van der Waals surface area contributed by atoms with Crippen molar-refractivity contribution < 1.29 is 18.3 Å². The Morgan fingerprint density at radius 1 is 1.63 bits per heavy atom. The Morgan fingerprint density at radius 3 is 2.84 bits per heavy atom. The fraction of sp³-hybridized carbons (Fsp3) is 0.636. The summed E-state index contributed by atoms with van der Waals surface area (Å²) >= 11 is 1.37. The van der Waals surface area contributed by atoms with E-state index in [1.165, 1.54) is 11.3 Å². The molecule has 0 bridgehead atoms. The van der Waals surface area contributed by atoms with E-state index in [0.717, 1.165) is 12.1 Å². The third-order valence-electron chi connectivity index (χ3n) is 3.10. The van der Waals surface area contributed by atoms with Crippen LogP contribution in [0.1, 0.15) is 19.0 Å². The number of anilines is 1. The van der Waals surface area contributed by atoms with Crippen molar-refractivity contribution in [3.05, 3.63) is 11.1 Å². The van der Waals surface area contributed by atoms with Crippen molar-refractivity contribution in [2.45, 2.75) is 25.8 Å². The maximum absolute atomic E-state index is 11.5. The van der Waals surface area contributed by atoms with E-state index >= 15 is 0 Å². The van der Waals surface area contributed by atoms with Crippen LogP contribution >= 0.6 is 11.3 Å². The van der Waals surface area contributed by atoms with Gasteiger partial charge in [-0.25, -0.2) is 13.4 Å². The zero-order valence-electron chi connectivity index (χ0n) is 10.6. The lowest BCUT2D eigenvalue weighted by Crippen LogP contribution is -2.40. The number of carbonyl (C=O) groups is 1. The molecule has 2 heterocycles. The maximum atomic E-state index is 11.5. The molecule has 1 N–H and O–H groups in total. The molecule has 106 valence electrons. The molecule has 1 saturated heterocycles. The number of nitrogens with zero attached hydrogens (tertiary/aromatic N) is 2. The van der Waals surface area contributed by atoms with Crippen LogP contribution in [-0.2, 0) is 21.1 Å². The normalized spacial score (nSPS) is 21.4. The van der Waals surface area contributed by atoms with Crippen molar-refractivity contribution in [1.82, 2.24) is 4.98 Å². The van der Waals surface area contributed by atoms with Crippen LogP contribution < -0.4 is 4.90 Å². The number of hydrogen-bond acceptors (Lipinski definition) is 6. The molecule has 1 unspecified atom stereocenters. The molecule has 0 saturated carbocycles. The number of aryl methyl sites for hydroxylation is 1. The van der Waals surface area contributed by atoms with Crippen molar-refractivity contribution in [1.29, 1.82) is 0 Å². The lowest BCUT2D eigenvalue weighted by molar-refractivity contribution is -0.135. The van der Waals surface area contributed by atoms with Crippen LogP contribution in [-0.4, -0.2) is 48.6 Å². The number of carboxylic acids is 1. The molecular weight excluding hydrogens is 288 g/mol. The summed E-state index contributed by atoms with van der Waals surface area (Å²) in [5.41, 5.74) is 0.899. The molecule has 6 nitrogen and oxygen atoms in total. The number of aromatic nitrogens is 1. The summed E-state index contributed by atoms with van der Waals surface area (Å²) < 4.78 is 23.1. The largest absolute Gasteiger partial charge is 0.480 e. The van der Waals surface area contributed by atoms with Crippen LogP contribution in [0.3, 0.4) is 0 Å². The van der Waals surface area contributed by atoms with Crippen molar-refractivity contribution in [3.8, 4) is 0 Å². The zero-order valence-corrected chi connectivity index (χ0v) is 12.2. The number of rotatable bonds is 5. The van der Waals surface area contributed by atoms with Crippen LogP contribution in [0.2, 0.25) is 0 Å². The van der Waals surface area contributed by atoms with E-state index in [9.17, 15) is 13.2 Å². The summed E-state index contributed by atoms with van der Waals surface area (Å²) in [4.78, 5) is 16.9. The maximum Gasteiger partial charge on any atom is 0.323 e. The smallest absolute Gasteiger partial charge is 0.323 e. The Kier molecular flexibility index (Phi) is 4.10. The predicted octanol–water partition coefficient (Wildman–Crippen LogP) is 0.784. The van der Waals surface area contributed by atoms with Gasteiger partial charge in [-0.3, -0.25) is 4.79 Å². The first-order chi connectivity index (χ1) is 8.91. The van der Waals surface area contributed by atoms with Gasteiger partial charge in [0.25, 0.3) is 0 Å². The molecular formula is C11H16N2O4S2. The molecule has 0 radical (unpaired) electrons. The van der Waals surface area contributed by atoms with E-state index in [0.29, 0.717) is 11.6 Å². The molecule has 0 amide bonds. The van der Waals surface area contributed by atoms with Gasteiger partial charge in [0.1, 0.15) is 6.54 Å². The van der Waals surface area contributed by atoms with Gasteiger partial charge in [0.05, 0.1) is 17.2 Å². The van der Waals surface area contributed by atoms with E-state index in [4.69, 9.17) is 5.11 Å². The van der Waals surface area contributed by atoms with Gasteiger partial charge in [-0.2, -0.15) is 0 Å². The van der Waals surface area contributed by atoms with E-state index in [1.807, 2.05) is 12.3 Å². The van der Waals surface area contributed by atoms with Gasteiger partial charge >= 0.3 is 5.97 Å². The van der Waals surface area contributed by atoms with Crippen LogP contribution in [0, 0.1) is 0 Å². The van der Waals surface area contributed by atoms with Crippen LogP contribution in [0.5, 0.6) is 0 Å². The summed E-state index contributed by atoms with van der Waals surface area (Å²) in [5.74, 6) is -0.834. The van der Waals surface area contributed by atoms with Crippen molar-refractivity contribution in [2.75, 3.05) is 23.0 Å². The van der Waals surface area contributed by atoms with E-state index in [1.54, 1.807) is 4.90 Å². The lowest BCUT2D eigenvalue weighted by Gasteiger charge is -2.25. The number of thiazole rings is 1. The molecule has 1 aliphatic heterocycles. The first-order valence-electron chi connectivity index (χ1n) is 6.04. The van der Waals surface area contributed by atoms with Crippen molar-refractivity contribution >= 4 is 32.3 Å². The Balaban J connectivity index is 2.23. The molecule has 0 spiro atoms. The minimum Gasteiger partial charge on any atom is -0.480 e. The van der Waals surface area contributed by atoms with Crippen LogP contribution in [0.15, 0.2) is 5.38 Å². The molecule has 0 aliphatic carbocycles. The molecule has 1 aromatic rings. The third kappa shape index (κ3) is 3.44. The van der Waals surface area contributed by atoms with Gasteiger partial charge in [-0.15, -0.1) is 11.3 Å². The molecule has 19 heavy (non-hydrogen) atoms. The molecule has 8 heteroatoms. The number of sulfone groups is 1. The Bertz CT molecular complexity index is 567. The second kappa shape index (κ2) is 5.46. The highest BCUT2D eigenvalue weighted by molar-refractivity contribution is 7.91. The first kappa shape index (κ1) is 14.3. The number of carboxylic acid groups (broad SMARTS) is 1. The lowest BCUT2D eigenvalue weighted by atomic mass is 10.2. The van der Waals surface area contributed by atoms with Crippen molar-refractivity contribution in [3.63, 3.8) is 0 Å². The minimum absolute atomic E-state index is 0.0152. The molecule has 1 aromatic heterocycles. The van der Waals surface area contributed by atoms with E-state index < -0.39 is 15.8 Å². The van der Waals surface area contributed by atoms with Crippen LogP contribution in [0.25, 0.3) is 0 Å².